The summed E-state index contributed by atoms with van der Waals surface area (Å²) in [5.41, 5.74) is 1.31. The van der Waals surface area contributed by atoms with Crippen LogP contribution in [0.15, 0.2) is 54.6 Å². The van der Waals surface area contributed by atoms with E-state index in [2.05, 4.69) is 15.6 Å². The molecule has 0 fully saturated rings. The number of hydrogen-bond acceptors (Lipinski definition) is 0. The Hall–Kier alpha value is -1.78. The minimum absolute atomic E-state index is 0.00454. The van der Waals surface area contributed by atoms with Crippen LogP contribution in [0.25, 0.3) is 16.7 Å². The van der Waals surface area contributed by atoms with Gasteiger partial charge in [0, 0.05) is 0 Å². The molecule has 0 saturated heterocycles. The molecule has 2 nitrogen and oxygen atoms in total. The summed E-state index contributed by atoms with van der Waals surface area (Å²) in [6.45, 7) is 0. The molecule has 20 heavy (non-hydrogen) atoms. The van der Waals surface area contributed by atoms with Crippen LogP contribution < -0.4 is 0 Å². The van der Waals surface area contributed by atoms with Crippen LogP contribution >= 0.6 is 0 Å². The summed E-state index contributed by atoms with van der Waals surface area (Å²) in [5.74, 6) is 0. The van der Waals surface area contributed by atoms with Crippen molar-refractivity contribution in [1.82, 2.24) is 9.13 Å². The number of rotatable bonds is 1. The molecule has 2 aromatic carbocycles. The van der Waals surface area contributed by atoms with E-state index >= 15 is 0 Å². The molecule has 0 saturated carbocycles. The van der Waals surface area contributed by atoms with Crippen LogP contribution in [0, 0.1) is 4.32 Å². The number of nitrogens with zero attached hydrogens (tertiary/aromatic N) is 2. The molecule has 6 heteroatoms. The maximum atomic E-state index is 13.2. The Morgan fingerprint density at radius 1 is 0.800 bits per heavy atom. The van der Waals surface area contributed by atoms with Crippen LogP contribution in [0.1, 0.15) is 0 Å². The van der Waals surface area contributed by atoms with Crippen LogP contribution in [-0.2, 0) is 6.30 Å². The van der Waals surface area contributed by atoms with Gasteiger partial charge >= 0.3 is 120 Å². The first-order chi connectivity index (χ1) is 9.50. The normalized spacial score (nSPS) is 11.9. The zero-order valence-electron chi connectivity index (χ0n) is 10.1. The Kier molecular flexibility index (Phi) is 3.07. The van der Waals surface area contributed by atoms with Crippen molar-refractivity contribution in [3.63, 3.8) is 0 Å². The second-order valence-corrected chi connectivity index (χ2v) is 5.01. The number of alkyl halides is 3. The summed E-state index contributed by atoms with van der Waals surface area (Å²) < 4.78 is 41.6. The van der Waals surface area contributed by atoms with E-state index in [4.69, 9.17) is 0 Å². The molecule has 0 atom stereocenters. The van der Waals surface area contributed by atoms with Crippen LogP contribution in [0.3, 0.4) is 0 Å². The number of halogens is 3. The third kappa shape index (κ3) is 2.01. The van der Waals surface area contributed by atoms with E-state index in [0.29, 0.717) is 15.8 Å². The van der Waals surface area contributed by atoms with Crippen molar-refractivity contribution in [1.29, 1.82) is 0 Å². The summed E-state index contributed by atoms with van der Waals surface area (Å²) in [7, 11) is 0. The van der Waals surface area contributed by atoms with Crippen molar-refractivity contribution in [2.45, 2.75) is 6.30 Å². The number of para-hydroxylation sites is 3. The van der Waals surface area contributed by atoms with E-state index in [1.54, 1.807) is 47.0 Å². The Labute approximate surface area is 120 Å². The first-order valence-electron chi connectivity index (χ1n) is 5.85. The van der Waals surface area contributed by atoms with E-state index in [9.17, 15) is 13.2 Å². The zero-order chi connectivity index (χ0) is 14.3. The molecular weight excluding hydrogens is 332 g/mol. The first kappa shape index (κ1) is 13.2. The van der Waals surface area contributed by atoms with Gasteiger partial charge in [-0.3, -0.25) is 0 Å². The monoisotopic (exact) mass is 342 g/mol. The molecule has 0 aliphatic rings. The quantitative estimate of drug-likeness (QED) is 0.599. The van der Waals surface area contributed by atoms with Crippen molar-refractivity contribution in [2.75, 3.05) is 0 Å². The van der Waals surface area contributed by atoms with E-state index in [0.717, 1.165) is 0 Å². The Morgan fingerprint density at radius 3 is 1.95 bits per heavy atom. The van der Waals surface area contributed by atoms with Gasteiger partial charge in [0.05, 0.1) is 0 Å². The molecule has 0 aliphatic carbocycles. The molecule has 0 aliphatic heterocycles. The average molecular weight is 341 g/mol. The van der Waals surface area contributed by atoms with E-state index in [1.807, 2.05) is 6.07 Å². The standard InChI is InChI=1S/C14H9F3N2Se/c15-14(16,17)19-12-9-5-4-8-11(12)18(13(19)20)10-6-2-1-3-7-10/h1-9H. The minimum atomic E-state index is -4.47. The van der Waals surface area contributed by atoms with Crippen molar-refractivity contribution in [3.05, 3.63) is 58.9 Å². The Balaban J connectivity index is 2.46. The van der Waals surface area contributed by atoms with Crippen LogP contribution in [0.5, 0.6) is 0 Å². The molecule has 102 valence electrons. The second-order valence-electron chi connectivity index (χ2n) is 4.25. The summed E-state index contributed by atoms with van der Waals surface area (Å²) in [6.07, 6.45) is -4.47. The van der Waals surface area contributed by atoms with Crippen molar-refractivity contribution in [2.24, 2.45) is 0 Å². The Bertz CT molecular complexity index is 816. The third-order valence-electron chi connectivity index (χ3n) is 3.01. The van der Waals surface area contributed by atoms with Gasteiger partial charge in [-0.25, -0.2) is 0 Å². The number of hydrogen-bond donors (Lipinski definition) is 0. The van der Waals surface area contributed by atoms with Gasteiger partial charge in [0.1, 0.15) is 0 Å². The van der Waals surface area contributed by atoms with Crippen LogP contribution in [-0.4, -0.2) is 24.7 Å². The SMILES string of the molecule is FC(F)(F)n1c(=[Se])n(-c2ccccc2)c2ccccc21. The van der Waals surface area contributed by atoms with Crippen LogP contribution in [0.4, 0.5) is 13.2 Å². The van der Waals surface area contributed by atoms with Gasteiger partial charge in [0.2, 0.25) is 0 Å². The fourth-order valence-corrected chi connectivity index (χ4v) is 3.07. The molecule has 3 aromatic rings. The molecule has 3 rings (SSSR count). The third-order valence-corrected chi connectivity index (χ3v) is 3.78. The average Bonchev–Trinajstić information content (AvgIpc) is 2.71. The molecule has 0 spiro atoms. The zero-order valence-corrected chi connectivity index (χ0v) is 11.8. The molecule has 0 N–H and O–H groups in total. The van der Waals surface area contributed by atoms with Crippen molar-refractivity contribution < 1.29 is 13.2 Å². The molecule has 1 aromatic heterocycles. The molecule has 0 unspecified atom stereocenters. The fraction of sp³-hybridized carbons (Fsp3) is 0.0714. The van der Waals surface area contributed by atoms with Crippen LogP contribution in [0.2, 0.25) is 0 Å². The van der Waals surface area contributed by atoms with Gasteiger partial charge in [0.15, 0.2) is 0 Å². The predicted octanol–water partition coefficient (Wildman–Crippen LogP) is 3.61. The molecular formula is C14H9F3N2Se. The number of aromatic nitrogens is 2. The maximum absolute atomic E-state index is 13.2. The molecule has 0 radical (unpaired) electrons. The van der Waals surface area contributed by atoms with E-state index in [-0.39, 0.29) is 9.84 Å². The second kappa shape index (κ2) is 4.65. The fourth-order valence-electron chi connectivity index (χ4n) is 2.22. The molecule has 0 bridgehead atoms. The van der Waals surface area contributed by atoms with Crippen molar-refractivity contribution >= 4 is 26.6 Å². The van der Waals surface area contributed by atoms with Gasteiger partial charge < -0.3 is 0 Å². The summed E-state index contributed by atoms with van der Waals surface area (Å²) >= 11 is 2.54. The van der Waals surface area contributed by atoms with Gasteiger partial charge in [-0.05, 0) is 0 Å². The number of fused-ring (bicyclic) bond motifs is 1. The molecule has 1 heterocycles. The first-order valence-corrected chi connectivity index (χ1v) is 6.71. The molecule has 0 amide bonds. The number of imidazole rings is 1. The Morgan fingerprint density at radius 2 is 1.35 bits per heavy atom. The van der Waals surface area contributed by atoms with Crippen molar-refractivity contribution in [3.8, 4) is 5.69 Å². The van der Waals surface area contributed by atoms with E-state index < -0.39 is 6.30 Å². The predicted molar refractivity (Wildman–Crippen MR) is 71.6 cm³/mol. The summed E-state index contributed by atoms with van der Waals surface area (Å²) in [5, 5.41) is 0. The van der Waals surface area contributed by atoms with Gasteiger partial charge in [-0.2, -0.15) is 0 Å². The number of benzene rings is 2. The van der Waals surface area contributed by atoms with Gasteiger partial charge in [-0.15, -0.1) is 0 Å². The van der Waals surface area contributed by atoms with Gasteiger partial charge in [-0.1, -0.05) is 0 Å². The summed E-state index contributed by atoms with van der Waals surface area (Å²) in [4.78, 5) is 0. The van der Waals surface area contributed by atoms with Gasteiger partial charge in [0.25, 0.3) is 0 Å². The summed E-state index contributed by atoms with van der Waals surface area (Å²) in [6, 6.07) is 15.4. The topological polar surface area (TPSA) is 9.86 Å². The van der Waals surface area contributed by atoms with E-state index in [1.165, 1.54) is 6.07 Å².